The lowest BCUT2D eigenvalue weighted by Crippen LogP contribution is -2.33. The van der Waals surface area contributed by atoms with Gasteiger partial charge in [0.25, 0.3) is 0 Å². The Hall–Kier alpha value is -2.21. The normalized spacial score (nSPS) is 22.7. The van der Waals surface area contributed by atoms with Crippen molar-refractivity contribution in [3.63, 3.8) is 0 Å². The maximum atomic E-state index is 13.4. The monoisotopic (exact) mass is 386 g/mol. The van der Waals surface area contributed by atoms with E-state index in [1.54, 1.807) is 28.9 Å². The van der Waals surface area contributed by atoms with Gasteiger partial charge in [-0.05, 0) is 80.3 Å². The summed E-state index contributed by atoms with van der Waals surface area (Å²) < 4.78 is 15.1. The number of nitrogens with zero attached hydrogens (tertiary/aromatic N) is 2. The average molecular weight is 387 g/mol. The van der Waals surface area contributed by atoms with Crippen LogP contribution in [-0.4, -0.2) is 26.1 Å². The molecule has 4 nitrogen and oxygen atoms in total. The van der Waals surface area contributed by atoms with Crippen LogP contribution < -0.4 is 0 Å². The van der Waals surface area contributed by atoms with Gasteiger partial charge in [-0.2, -0.15) is 5.10 Å². The molecule has 0 saturated heterocycles. The topological polar surface area (TPSA) is 58.3 Å². The Morgan fingerprint density at radius 1 is 1.04 bits per heavy atom. The summed E-state index contributed by atoms with van der Waals surface area (Å²) in [6.07, 6.45) is 1.61. The zero-order chi connectivity index (χ0) is 19.0. The van der Waals surface area contributed by atoms with Crippen molar-refractivity contribution in [3.8, 4) is 16.9 Å². The van der Waals surface area contributed by atoms with Gasteiger partial charge in [0.15, 0.2) is 0 Å². The zero-order valence-corrected chi connectivity index (χ0v) is 15.4. The van der Waals surface area contributed by atoms with E-state index in [0.717, 1.165) is 16.9 Å². The van der Waals surface area contributed by atoms with Gasteiger partial charge in [0.2, 0.25) is 0 Å². The highest BCUT2D eigenvalue weighted by Crippen LogP contribution is 2.38. The van der Waals surface area contributed by atoms with Gasteiger partial charge in [-0.1, -0.05) is 11.6 Å². The second-order valence-electron chi connectivity index (χ2n) is 7.07. The molecule has 0 bridgehead atoms. The molecule has 1 saturated carbocycles. The summed E-state index contributed by atoms with van der Waals surface area (Å²) in [7, 11) is 0. The predicted molar refractivity (Wildman–Crippen MR) is 102 cm³/mol. The molecule has 0 atom stereocenters. The Balaban J connectivity index is 1.82. The van der Waals surface area contributed by atoms with Crippen molar-refractivity contribution in [2.45, 2.75) is 37.4 Å². The minimum absolute atomic E-state index is 0.309. The minimum atomic E-state index is -1.08. The van der Waals surface area contributed by atoms with Crippen LogP contribution in [0.5, 0.6) is 0 Å². The van der Waals surface area contributed by atoms with Gasteiger partial charge >= 0.3 is 0 Å². The van der Waals surface area contributed by atoms with Gasteiger partial charge in [-0.3, -0.25) is 0 Å². The van der Waals surface area contributed by atoms with Crippen molar-refractivity contribution in [2.24, 2.45) is 0 Å². The van der Waals surface area contributed by atoms with Crippen LogP contribution in [0.1, 0.15) is 31.4 Å². The first-order chi connectivity index (χ1) is 12.9. The molecule has 2 aromatic carbocycles. The summed E-state index contributed by atoms with van der Waals surface area (Å²) in [5.74, 6) is -0.309. The molecule has 0 amide bonds. The third-order valence-electron chi connectivity index (χ3n) is 5.18. The van der Waals surface area contributed by atoms with E-state index in [9.17, 15) is 14.6 Å². The van der Waals surface area contributed by atoms with Crippen LogP contribution in [0.15, 0.2) is 54.6 Å². The van der Waals surface area contributed by atoms with Crippen molar-refractivity contribution in [2.75, 3.05) is 0 Å². The predicted octanol–water partition coefficient (Wildman–Crippen LogP) is 4.45. The fraction of sp³-hybridized carbons (Fsp3) is 0.286. The van der Waals surface area contributed by atoms with Gasteiger partial charge < -0.3 is 10.2 Å². The number of aromatic nitrogens is 2. The van der Waals surface area contributed by atoms with E-state index in [-0.39, 0.29) is 11.9 Å². The van der Waals surface area contributed by atoms with E-state index in [1.165, 1.54) is 12.1 Å². The van der Waals surface area contributed by atoms with Crippen LogP contribution in [0, 0.1) is 5.82 Å². The van der Waals surface area contributed by atoms with Crippen LogP contribution in [0.4, 0.5) is 4.39 Å². The molecular formula is C21H20ClFN2O2. The molecule has 1 aromatic heterocycles. The average Bonchev–Trinajstić information content (AvgIpc) is 3.12. The number of aliphatic hydroxyl groups excluding tert-OH is 1. The van der Waals surface area contributed by atoms with E-state index in [1.807, 2.05) is 18.2 Å². The molecule has 27 heavy (non-hydrogen) atoms. The summed E-state index contributed by atoms with van der Waals surface area (Å²) in [4.78, 5) is 0. The first-order valence-corrected chi connectivity index (χ1v) is 9.35. The quantitative estimate of drug-likeness (QED) is 0.699. The van der Waals surface area contributed by atoms with E-state index in [0.29, 0.717) is 36.4 Å². The lowest BCUT2D eigenvalue weighted by atomic mass is 9.81. The molecule has 6 heteroatoms. The van der Waals surface area contributed by atoms with Gasteiger partial charge in [-0.15, -0.1) is 0 Å². The molecule has 1 heterocycles. The highest BCUT2D eigenvalue weighted by atomic mass is 35.5. The molecule has 0 spiro atoms. The van der Waals surface area contributed by atoms with Gasteiger partial charge in [0.05, 0.1) is 23.2 Å². The summed E-state index contributed by atoms with van der Waals surface area (Å²) in [6.45, 7) is 0. The SMILES string of the molecule is OC1CCC(O)(c2cc(-c3ccc(F)cc3)n(-c3ccc(Cl)cc3)n2)CC1. The molecule has 0 aliphatic heterocycles. The van der Waals surface area contributed by atoms with Crippen LogP contribution in [0.2, 0.25) is 5.02 Å². The number of aliphatic hydroxyl groups is 2. The number of rotatable bonds is 3. The Morgan fingerprint density at radius 2 is 1.67 bits per heavy atom. The smallest absolute Gasteiger partial charge is 0.123 e. The molecule has 4 rings (SSSR count). The standard InChI is InChI=1S/C21H20ClFN2O2/c22-15-3-7-17(8-4-15)25-19(14-1-5-16(23)6-2-14)13-20(24-25)21(27)11-9-18(26)10-12-21/h1-8,13,18,26-27H,9-12H2. The number of benzene rings is 2. The van der Waals surface area contributed by atoms with Crippen LogP contribution >= 0.6 is 11.6 Å². The second-order valence-corrected chi connectivity index (χ2v) is 7.51. The molecular weight excluding hydrogens is 367 g/mol. The van der Waals surface area contributed by atoms with Gasteiger partial charge in [0.1, 0.15) is 11.4 Å². The maximum Gasteiger partial charge on any atom is 0.123 e. The number of halogens is 2. The second kappa shape index (κ2) is 7.08. The van der Waals surface area contributed by atoms with Crippen LogP contribution in [-0.2, 0) is 5.60 Å². The molecule has 1 aliphatic carbocycles. The largest absolute Gasteiger partial charge is 0.393 e. The lowest BCUT2D eigenvalue weighted by Gasteiger charge is -2.32. The fourth-order valence-corrected chi connectivity index (χ4v) is 3.68. The first-order valence-electron chi connectivity index (χ1n) is 8.97. The van der Waals surface area contributed by atoms with Crippen LogP contribution in [0.25, 0.3) is 16.9 Å². The summed E-state index contributed by atoms with van der Waals surface area (Å²) in [5.41, 5.74) is 1.83. The third kappa shape index (κ3) is 3.63. The molecule has 1 fully saturated rings. The highest BCUT2D eigenvalue weighted by Gasteiger charge is 2.37. The summed E-state index contributed by atoms with van der Waals surface area (Å²) >= 11 is 6.00. The van der Waals surface area contributed by atoms with E-state index in [2.05, 4.69) is 5.10 Å². The van der Waals surface area contributed by atoms with Crippen molar-refractivity contribution in [1.29, 1.82) is 0 Å². The third-order valence-corrected chi connectivity index (χ3v) is 5.43. The van der Waals surface area contributed by atoms with Crippen molar-refractivity contribution >= 4 is 11.6 Å². The minimum Gasteiger partial charge on any atom is -0.393 e. The van der Waals surface area contributed by atoms with E-state index < -0.39 is 5.60 Å². The lowest BCUT2D eigenvalue weighted by molar-refractivity contribution is -0.0393. The molecule has 0 radical (unpaired) electrons. The molecule has 0 unspecified atom stereocenters. The first kappa shape index (κ1) is 18.2. The molecule has 1 aliphatic rings. The van der Waals surface area contributed by atoms with Crippen molar-refractivity contribution in [1.82, 2.24) is 9.78 Å². The molecule has 140 valence electrons. The molecule has 3 aromatic rings. The van der Waals surface area contributed by atoms with Gasteiger partial charge in [0, 0.05) is 10.6 Å². The Bertz CT molecular complexity index is 867. The highest BCUT2D eigenvalue weighted by molar-refractivity contribution is 6.30. The number of hydrogen-bond acceptors (Lipinski definition) is 3. The van der Waals surface area contributed by atoms with E-state index in [4.69, 9.17) is 11.6 Å². The Morgan fingerprint density at radius 3 is 2.30 bits per heavy atom. The maximum absolute atomic E-state index is 13.4. The summed E-state index contributed by atoms with van der Waals surface area (Å²) in [6, 6.07) is 15.3. The van der Waals surface area contributed by atoms with Crippen LogP contribution in [0.3, 0.4) is 0 Å². The number of hydrogen-bond donors (Lipinski definition) is 2. The fourth-order valence-electron chi connectivity index (χ4n) is 3.55. The van der Waals surface area contributed by atoms with Crippen molar-refractivity contribution in [3.05, 3.63) is 71.1 Å². The Labute approximate surface area is 161 Å². The molecule has 2 N–H and O–H groups in total. The van der Waals surface area contributed by atoms with E-state index >= 15 is 0 Å². The Kier molecular flexibility index (Phi) is 4.76. The van der Waals surface area contributed by atoms with Crippen molar-refractivity contribution < 1.29 is 14.6 Å². The van der Waals surface area contributed by atoms with Gasteiger partial charge in [-0.25, -0.2) is 9.07 Å². The summed E-state index contributed by atoms with van der Waals surface area (Å²) in [5, 5.41) is 26.2. The zero-order valence-electron chi connectivity index (χ0n) is 14.6.